The van der Waals surface area contributed by atoms with Crippen molar-refractivity contribution in [3.63, 3.8) is 0 Å². The van der Waals surface area contributed by atoms with Crippen LogP contribution in [0.1, 0.15) is 6.42 Å². The lowest BCUT2D eigenvalue weighted by Crippen LogP contribution is -2.15. The molecule has 1 aliphatic heterocycles. The number of halogens is 1. The quantitative estimate of drug-likeness (QED) is 0.647. The van der Waals surface area contributed by atoms with Gasteiger partial charge >= 0.3 is 0 Å². The number of rotatable bonds is 4. The molecule has 1 heterocycles. The molecule has 1 N–H and O–H groups in total. The van der Waals surface area contributed by atoms with Crippen LogP contribution in [0.4, 0.5) is 15.8 Å². The maximum atomic E-state index is 13.5. The Labute approximate surface area is 97.7 Å². The molecule has 1 unspecified atom stereocenters. The number of hydrogen-bond donors (Lipinski definition) is 1. The molecule has 1 saturated heterocycles. The molecule has 0 saturated carbocycles. The molecule has 1 aromatic carbocycles. The van der Waals surface area contributed by atoms with E-state index in [2.05, 4.69) is 5.32 Å². The third-order valence-corrected chi connectivity index (χ3v) is 2.78. The highest BCUT2D eigenvalue weighted by Crippen LogP contribution is 2.27. The summed E-state index contributed by atoms with van der Waals surface area (Å²) in [6.07, 6.45) is 0.898. The van der Waals surface area contributed by atoms with E-state index in [-0.39, 0.29) is 17.3 Å². The molecule has 17 heavy (non-hydrogen) atoms. The molecular weight excluding hydrogens is 227 g/mol. The lowest BCUT2D eigenvalue weighted by Gasteiger charge is -2.11. The van der Waals surface area contributed by atoms with Gasteiger partial charge in [-0.25, -0.2) is 4.39 Å². The molecule has 0 spiro atoms. The summed E-state index contributed by atoms with van der Waals surface area (Å²) in [5.74, 6) is -0.313. The topological polar surface area (TPSA) is 64.4 Å². The van der Waals surface area contributed by atoms with E-state index in [4.69, 9.17) is 4.74 Å². The minimum absolute atomic E-state index is 0.0376. The summed E-state index contributed by atoms with van der Waals surface area (Å²) < 4.78 is 18.7. The lowest BCUT2D eigenvalue weighted by atomic mass is 10.1. The number of ether oxygens (including phenoxy) is 1. The largest absolute Gasteiger partial charge is 0.381 e. The fourth-order valence-electron chi connectivity index (χ4n) is 1.83. The van der Waals surface area contributed by atoms with Crippen molar-refractivity contribution in [3.8, 4) is 0 Å². The highest BCUT2D eigenvalue weighted by Gasteiger charge is 2.20. The smallest absolute Gasteiger partial charge is 0.295 e. The molecule has 0 amide bonds. The van der Waals surface area contributed by atoms with Gasteiger partial charge in [0.2, 0.25) is 0 Å². The number of hydrogen-bond acceptors (Lipinski definition) is 4. The predicted molar refractivity (Wildman–Crippen MR) is 60.5 cm³/mol. The van der Waals surface area contributed by atoms with Gasteiger partial charge < -0.3 is 10.1 Å². The number of para-hydroxylation sites is 1. The van der Waals surface area contributed by atoms with E-state index < -0.39 is 10.7 Å². The molecule has 1 atom stereocenters. The molecule has 0 bridgehead atoms. The summed E-state index contributed by atoms with van der Waals surface area (Å²) in [7, 11) is 0. The number of benzene rings is 1. The number of nitrogens with one attached hydrogen (secondary N) is 1. The first-order chi connectivity index (χ1) is 8.18. The van der Waals surface area contributed by atoms with Gasteiger partial charge in [-0.15, -0.1) is 0 Å². The molecule has 1 fully saturated rings. The normalized spacial score (nSPS) is 19.2. The van der Waals surface area contributed by atoms with Crippen molar-refractivity contribution < 1.29 is 14.1 Å². The van der Waals surface area contributed by atoms with Gasteiger partial charge in [0.25, 0.3) is 5.69 Å². The highest BCUT2D eigenvalue weighted by molar-refractivity contribution is 5.62. The van der Waals surface area contributed by atoms with Crippen LogP contribution >= 0.6 is 0 Å². The van der Waals surface area contributed by atoms with Gasteiger partial charge in [-0.1, -0.05) is 6.07 Å². The monoisotopic (exact) mass is 240 g/mol. The summed E-state index contributed by atoms with van der Waals surface area (Å²) in [6, 6.07) is 3.83. The van der Waals surface area contributed by atoms with E-state index in [0.717, 1.165) is 6.42 Å². The maximum absolute atomic E-state index is 13.5. The summed E-state index contributed by atoms with van der Waals surface area (Å²) in [5, 5.41) is 13.6. The zero-order chi connectivity index (χ0) is 12.3. The predicted octanol–water partition coefficient (Wildman–Crippen LogP) is 2.18. The molecule has 1 aliphatic rings. The molecule has 5 nitrogen and oxygen atoms in total. The van der Waals surface area contributed by atoms with Crippen LogP contribution in [0.25, 0.3) is 0 Å². The lowest BCUT2D eigenvalue weighted by molar-refractivity contribution is -0.384. The Balaban J connectivity index is 2.10. The van der Waals surface area contributed by atoms with Gasteiger partial charge in [0.15, 0.2) is 5.82 Å². The SMILES string of the molecule is O=[N+]([O-])c1cccc(F)c1NCC1CCOC1. The van der Waals surface area contributed by atoms with Gasteiger partial charge in [-0.2, -0.15) is 0 Å². The Morgan fingerprint density at radius 1 is 1.59 bits per heavy atom. The van der Waals surface area contributed by atoms with Crippen molar-refractivity contribution in [3.05, 3.63) is 34.1 Å². The average molecular weight is 240 g/mol. The van der Waals surface area contributed by atoms with Gasteiger partial charge in [0, 0.05) is 25.1 Å². The fourth-order valence-corrected chi connectivity index (χ4v) is 1.83. The van der Waals surface area contributed by atoms with E-state index in [1.54, 1.807) is 0 Å². The molecule has 0 aromatic heterocycles. The summed E-state index contributed by atoms with van der Waals surface area (Å²) in [6.45, 7) is 1.81. The Morgan fingerprint density at radius 2 is 2.41 bits per heavy atom. The van der Waals surface area contributed by atoms with Crippen molar-refractivity contribution in [2.75, 3.05) is 25.1 Å². The van der Waals surface area contributed by atoms with Crippen LogP contribution in [-0.4, -0.2) is 24.7 Å². The Morgan fingerprint density at radius 3 is 3.06 bits per heavy atom. The first-order valence-electron chi connectivity index (χ1n) is 5.43. The molecule has 92 valence electrons. The van der Waals surface area contributed by atoms with E-state index in [1.807, 2.05) is 0 Å². The van der Waals surface area contributed by atoms with E-state index >= 15 is 0 Å². The fraction of sp³-hybridized carbons (Fsp3) is 0.455. The average Bonchev–Trinajstić information content (AvgIpc) is 2.80. The highest BCUT2D eigenvalue weighted by atomic mass is 19.1. The van der Waals surface area contributed by atoms with Crippen molar-refractivity contribution in [2.45, 2.75) is 6.42 Å². The molecule has 1 aromatic rings. The second kappa shape index (κ2) is 5.09. The van der Waals surface area contributed by atoms with Crippen LogP contribution in [0.3, 0.4) is 0 Å². The standard InChI is InChI=1S/C11H13FN2O3/c12-9-2-1-3-10(14(15)16)11(9)13-6-8-4-5-17-7-8/h1-3,8,13H,4-7H2. The minimum atomic E-state index is -0.599. The molecule has 0 radical (unpaired) electrons. The maximum Gasteiger partial charge on any atom is 0.295 e. The van der Waals surface area contributed by atoms with Crippen molar-refractivity contribution in [1.29, 1.82) is 0 Å². The Hall–Kier alpha value is -1.69. The first-order valence-corrected chi connectivity index (χ1v) is 5.43. The number of nitrogens with zero attached hydrogens (tertiary/aromatic N) is 1. The Kier molecular flexibility index (Phi) is 3.53. The first kappa shape index (κ1) is 11.8. The second-order valence-electron chi connectivity index (χ2n) is 4.00. The summed E-state index contributed by atoms with van der Waals surface area (Å²) in [5.41, 5.74) is -0.270. The second-order valence-corrected chi connectivity index (χ2v) is 4.00. The summed E-state index contributed by atoms with van der Waals surface area (Å²) in [4.78, 5) is 10.2. The van der Waals surface area contributed by atoms with Crippen LogP contribution in [0.5, 0.6) is 0 Å². The Bertz CT molecular complexity index is 419. The van der Waals surface area contributed by atoms with Crippen LogP contribution in [0.15, 0.2) is 18.2 Å². The van der Waals surface area contributed by atoms with Gasteiger partial charge in [0.1, 0.15) is 5.69 Å². The van der Waals surface area contributed by atoms with E-state index in [1.165, 1.54) is 18.2 Å². The van der Waals surface area contributed by atoms with Crippen LogP contribution in [0.2, 0.25) is 0 Å². The van der Waals surface area contributed by atoms with Crippen LogP contribution in [0, 0.1) is 21.8 Å². The van der Waals surface area contributed by atoms with Crippen LogP contribution < -0.4 is 5.32 Å². The third-order valence-electron chi connectivity index (χ3n) is 2.78. The summed E-state index contributed by atoms with van der Waals surface area (Å²) >= 11 is 0. The molecule has 6 heteroatoms. The van der Waals surface area contributed by atoms with Gasteiger partial charge in [-0.3, -0.25) is 10.1 Å². The molecule has 0 aliphatic carbocycles. The van der Waals surface area contributed by atoms with Crippen molar-refractivity contribution in [2.24, 2.45) is 5.92 Å². The number of anilines is 1. The van der Waals surface area contributed by atoms with Gasteiger partial charge in [0.05, 0.1) is 11.5 Å². The van der Waals surface area contributed by atoms with E-state index in [9.17, 15) is 14.5 Å². The van der Waals surface area contributed by atoms with Crippen LogP contribution in [-0.2, 0) is 4.74 Å². The van der Waals surface area contributed by atoms with Gasteiger partial charge in [-0.05, 0) is 12.5 Å². The van der Waals surface area contributed by atoms with Crippen molar-refractivity contribution in [1.82, 2.24) is 0 Å². The third kappa shape index (κ3) is 2.71. The zero-order valence-corrected chi connectivity index (χ0v) is 9.19. The zero-order valence-electron chi connectivity index (χ0n) is 9.19. The minimum Gasteiger partial charge on any atom is -0.381 e. The number of nitro groups is 1. The molecule has 2 rings (SSSR count). The molecular formula is C11H13FN2O3. The van der Waals surface area contributed by atoms with Crippen molar-refractivity contribution >= 4 is 11.4 Å². The number of nitro benzene ring substituents is 1. The van der Waals surface area contributed by atoms with E-state index in [0.29, 0.717) is 19.8 Å².